The Morgan fingerprint density at radius 2 is 2.00 bits per heavy atom. The third kappa shape index (κ3) is 4.46. The van der Waals surface area contributed by atoms with Crippen LogP contribution in [0.25, 0.3) is 0 Å². The average Bonchev–Trinajstić information content (AvgIpc) is 2.97. The van der Waals surface area contributed by atoms with E-state index in [1.54, 1.807) is 11.3 Å². The molecule has 1 aromatic carbocycles. The van der Waals surface area contributed by atoms with Gasteiger partial charge in [0.1, 0.15) is 0 Å². The van der Waals surface area contributed by atoms with E-state index in [0.29, 0.717) is 6.04 Å². The van der Waals surface area contributed by atoms with E-state index in [-0.39, 0.29) is 0 Å². The Bertz CT molecular complexity index is 490. The topological polar surface area (TPSA) is 12.0 Å². The highest BCUT2D eigenvalue weighted by Gasteiger charge is 2.12. The minimum atomic E-state index is 0.432. The highest BCUT2D eigenvalue weighted by Crippen LogP contribution is 2.21. The van der Waals surface area contributed by atoms with Crippen molar-refractivity contribution in [3.63, 3.8) is 0 Å². The number of hydrogen-bond donors (Lipinski definition) is 1. The lowest BCUT2D eigenvalue weighted by atomic mass is 9.97. The van der Waals surface area contributed by atoms with Gasteiger partial charge in [0, 0.05) is 6.04 Å². The van der Waals surface area contributed by atoms with Gasteiger partial charge in [-0.1, -0.05) is 44.5 Å². The summed E-state index contributed by atoms with van der Waals surface area (Å²) in [5.74, 6) is 0. The zero-order valence-corrected chi connectivity index (χ0v) is 13.4. The van der Waals surface area contributed by atoms with Crippen LogP contribution < -0.4 is 5.32 Å². The first-order chi connectivity index (χ1) is 9.83. The van der Waals surface area contributed by atoms with Gasteiger partial charge in [-0.15, -0.1) is 0 Å². The molecule has 1 N–H and O–H groups in total. The molecule has 0 saturated heterocycles. The molecule has 0 bridgehead atoms. The molecule has 108 valence electrons. The van der Waals surface area contributed by atoms with Crippen molar-refractivity contribution in [2.45, 2.75) is 45.6 Å². The van der Waals surface area contributed by atoms with E-state index in [0.717, 1.165) is 13.0 Å². The molecule has 2 heteroatoms. The summed E-state index contributed by atoms with van der Waals surface area (Å²) in [4.78, 5) is 0. The maximum Gasteiger partial charge on any atom is 0.0361 e. The smallest absolute Gasteiger partial charge is 0.0361 e. The van der Waals surface area contributed by atoms with E-state index < -0.39 is 0 Å². The van der Waals surface area contributed by atoms with Crippen LogP contribution in [-0.4, -0.2) is 6.54 Å². The zero-order chi connectivity index (χ0) is 14.2. The fourth-order valence-corrected chi connectivity index (χ4v) is 3.21. The standard InChI is InChI=1S/C18H25NS/c1-3-6-15-7-5-8-17(12-15)18(19-10-4-2)13-16-9-11-20-14-16/h5,7-9,11-12,14,18-19H,3-4,6,10,13H2,1-2H3. The van der Waals surface area contributed by atoms with Crippen molar-refractivity contribution in [1.29, 1.82) is 0 Å². The van der Waals surface area contributed by atoms with Crippen LogP contribution in [0.3, 0.4) is 0 Å². The molecular formula is C18H25NS. The van der Waals surface area contributed by atoms with Gasteiger partial charge in [0.05, 0.1) is 0 Å². The molecule has 2 aromatic rings. The lowest BCUT2D eigenvalue weighted by Crippen LogP contribution is -2.24. The molecule has 0 fully saturated rings. The summed E-state index contributed by atoms with van der Waals surface area (Å²) in [7, 11) is 0. The van der Waals surface area contributed by atoms with Gasteiger partial charge in [0.2, 0.25) is 0 Å². The molecule has 0 saturated carbocycles. The van der Waals surface area contributed by atoms with E-state index in [4.69, 9.17) is 0 Å². The maximum atomic E-state index is 3.70. The summed E-state index contributed by atoms with van der Waals surface area (Å²) in [6.07, 6.45) is 4.64. The highest BCUT2D eigenvalue weighted by molar-refractivity contribution is 7.07. The molecule has 2 rings (SSSR count). The minimum absolute atomic E-state index is 0.432. The minimum Gasteiger partial charge on any atom is -0.310 e. The Kier molecular flexibility index (Phi) is 6.28. The molecule has 0 radical (unpaired) electrons. The molecule has 0 aliphatic carbocycles. The molecule has 1 nitrogen and oxygen atoms in total. The second kappa shape index (κ2) is 8.23. The lowest BCUT2D eigenvalue weighted by Gasteiger charge is -2.19. The Labute approximate surface area is 127 Å². The summed E-state index contributed by atoms with van der Waals surface area (Å²) in [5.41, 5.74) is 4.32. The van der Waals surface area contributed by atoms with Gasteiger partial charge < -0.3 is 5.32 Å². The van der Waals surface area contributed by atoms with Gasteiger partial charge in [0.15, 0.2) is 0 Å². The van der Waals surface area contributed by atoms with Crippen LogP contribution in [0.2, 0.25) is 0 Å². The number of rotatable bonds is 8. The Balaban J connectivity index is 2.14. The van der Waals surface area contributed by atoms with Crippen molar-refractivity contribution in [2.24, 2.45) is 0 Å². The van der Waals surface area contributed by atoms with Crippen molar-refractivity contribution in [3.05, 3.63) is 57.8 Å². The highest BCUT2D eigenvalue weighted by atomic mass is 32.1. The molecule has 1 atom stereocenters. The normalized spacial score (nSPS) is 12.5. The van der Waals surface area contributed by atoms with Crippen molar-refractivity contribution >= 4 is 11.3 Å². The third-order valence-corrected chi connectivity index (χ3v) is 4.28. The Hall–Kier alpha value is -1.12. The van der Waals surface area contributed by atoms with E-state index in [9.17, 15) is 0 Å². The lowest BCUT2D eigenvalue weighted by molar-refractivity contribution is 0.529. The van der Waals surface area contributed by atoms with Crippen molar-refractivity contribution in [1.82, 2.24) is 5.32 Å². The second-order valence-electron chi connectivity index (χ2n) is 5.34. The SMILES string of the molecule is CCCNC(Cc1ccsc1)c1cccc(CCC)c1. The van der Waals surface area contributed by atoms with Gasteiger partial charge in [-0.3, -0.25) is 0 Å². The van der Waals surface area contributed by atoms with Crippen LogP contribution in [0, 0.1) is 0 Å². The fraction of sp³-hybridized carbons (Fsp3) is 0.444. The largest absolute Gasteiger partial charge is 0.310 e. The summed E-state index contributed by atoms with van der Waals surface area (Å²) in [6, 6.07) is 11.8. The number of hydrogen-bond acceptors (Lipinski definition) is 2. The number of nitrogens with one attached hydrogen (secondary N) is 1. The first kappa shape index (κ1) is 15.3. The van der Waals surface area contributed by atoms with Crippen LogP contribution in [0.5, 0.6) is 0 Å². The molecular weight excluding hydrogens is 262 g/mol. The number of aryl methyl sites for hydroxylation is 1. The maximum absolute atomic E-state index is 3.70. The second-order valence-corrected chi connectivity index (χ2v) is 6.12. The van der Waals surface area contributed by atoms with E-state index in [2.05, 4.69) is 60.3 Å². The average molecular weight is 287 g/mol. The van der Waals surface area contributed by atoms with Gasteiger partial charge in [-0.25, -0.2) is 0 Å². The molecule has 0 spiro atoms. The van der Waals surface area contributed by atoms with Gasteiger partial charge in [0.25, 0.3) is 0 Å². The van der Waals surface area contributed by atoms with Crippen LogP contribution in [0.1, 0.15) is 49.4 Å². The predicted molar refractivity (Wildman–Crippen MR) is 89.5 cm³/mol. The molecule has 1 unspecified atom stereocenters. The summed E-state index contributed by atoms with van der Waals surface area (Å²) in [5, 5.41) is 8.12. The zero-order valence-electron chi connectivity index (χ0n) is 12.6. The van der Waals surface area contributed by atoms with Crippen molar-refractivity contribution in [2.75, 3.05) is 6.54 Å². The number of benzene rings is 1. The summed E-state index contributed by atoms with van der Waals surface area (Å²) in [6.45, 7) is 5.54. The summed E-state index contributed by atoms with van der Waals surface area (Å²) >= 11 is 1.78. The van der Waals surface area contributed by atoms with Crippen molar-refractivity contribution in [3.8, 4) is 0 Å². The van der Waals surface area contributed by atoms with E-state index in [1.807, 2.05) is 0 Å². The van der Waals surface area contributed by atoms with E-state index >= 15 is 0 Å². The monoisotopic (exact) mass is 287 g/mol. The Morgan fingerprint density at radius 3 is 2.70 bits per heavy atom. The molecule has 20 heavy (non-hydrogen) atoms. The van der Waals surface area contributed by atoms with Gasteiger partial charge in [-0.05, 0) is 59.3 Å². The van der Waals surface area contributed by atoms with E-state index in [1.165, 1.54) is 36.0 Å². The molecule has 0 amide bonds. The number of thiophene rings is 1. The Morgan fingerprint density at radius 1 is 1.10 bits per heavy atom. The van der Waals surface area contributed by atoms with Gasteiger partial charge >= 0.3 is 0 Å². The predicted octanol–water partition coefficient (Wildman–Crippen LogP) is 4.98. The fourth-order valence-electron chi connectivity index (χ4n) is 2.52. The van der Waals surface area contributed by atoms with Crippen LogP contribution in [0.4, 0.5) is 0 Å². The summed E-state index contributed by atoms with van der Waals surface area (Å²) < 4.78 is 0. The van der Waals surface area contributed by atoms with Crippen molar-refractivity contribution < 1.29 is 0 Å². The third-order valence-electron chi connectivity index (χ3n) is 3.55. The molecule has 0 aliphatic heterocycles. The van der Waals surface area contributed by atoms with Crippen LogP contribution in [-0.2, 0) is 12.8 Å². The van der Waals surface area contributed by atoms with Gasteiger partial charge in [-0.2, -0.15) is 11.3 Å². The van der Waals surface area contributed by atoms with Crippen LogP contribution >= 0.6 is 11.3 Å². The first-order valence-electron chi connectivity index (χ1n) is 7.66. The molecule has 0 aliphatic rings. The quantitative estimate of drug-likeness (QED) is 0.721. The molecule has 1 heterocycles. The van der Waals surface area contributed by atoms with Crippen LogP contribution in [0.15, 0.2) is 41.1 Å². The first-order valence-corrected chi connectivity index (χ1v) is 8.61. The molecule has 1 aromatic heterocycles.